The zero-order valence-corrected chi connectivity index (χ0v) is 35.6. The highest BCUT2D eigenvalue weighted by Gasteiger charge is 2.46. The first-order valence-corrected chi connectivity index (χ1v) is 19.5. The van der Waals surface area contributed by atoms with E-state index in [0.717, 1.165) is 0 Å². The first-order chi connectivity index (χ1) is 25.9. The van der Waals surface area contributed by atoms with Gasteiger partial charge in [-0.2, -0.15) is 0 Å². The average Bonchev–Trinajstić information content (AvgIpc) is 3.60. The number of carbonyl (C=O) groups excluding carboxylic acids is 5. The number of likely N-dealkylation sites (tertiary alicyclic amines) is 1. The van der Waals surface area contributed by atoms with Gasteiger partial charge in [-0.15, -0.1) is 0 Å². The van der Waals surface area contributed by atoms with Crippen LogP contribution >= 0.6 is 0 Å². The minimum Gasteiger partial charge on any atom is -0.497 e. The minimum absolute atomic E-state index is 0.0158. The molecule has 2 rings (SSSR count). The fourth-order valence-corrected chi connectivity index (χ4v) is 7.64. The molecule has 0 radical (unpaired) electrons. The van der Waals surface area contributed by atoms with Gasteiger partial charge in [-0.05, 0) is 50.3 Å². The summed E-state index contributed by atoms with van der Waals surface area (Å²) in [6.45, 7) is 15.3. The summed E-state index contributed by atoms with van der Waals surface area (Å²) in [6, 6.07) is 3.65. The predicted octanol–water partition coefficient (Wildman–Crippen LogP) is 3.31. The highest BCUT2D eigenvalue weighted by molar-refractivity contribution is 6.02. The molecule has 1 heterocycles. The summed E-state index contributed by atoms with van der Waals surface area (Å²) in [5, 5.41) is 8.85. The van der Waals surface area contributed by atoms with E-state index in [1.165, 1.54) is 21.3 Å². The van der Waals surface area contributed by atoms with Crippen LogP contribution in [0.3, 0.4) is 0 Å². The van der Waals surface area contributed by atoms with Crippen LogP contribution in [0.1, 0.15) is 85.0 Å². The molecule has 312 valence electrons. The van der Waals surface area contributed by atoms with Gasteiger partial charge in [0.25, 0.3) is 0 Å². The van der Waals surface area contributed by atoms with Gasteiger partial charge in [-0.3, -0.25) is 24.0 Å². The van der Waals surface area contributed by atoms with Gasteiger partial charge in [0.05, 0.1) is 61.9 Å². The molecule has 1 aliphatic rings. The SMILES string of the molecule is CC[C@H](C)[C@@H]([C@@H](CC(=O)N1C[C@H](OC)CC1[C@H](OC)[C@@H](C)C(=O)N[C@H](C)C(=O)c1cccc(OC)c1)OC)N(C)C(=O)[C@@H](NC(=O)[C@@H](NC)C(C)C)C(C)C. The highest BCUT2D eigenvalue weighted by atomic mass is 16.5. The summed E-state index contributed by atoms with van der Waals surface area (Å²) in [5.41, 5.74) is 0.410. The molecular weight excluding hydrogens is 706 g/mol. The number of hydrogen-bond donors (Lipinski definition) is 3. The first-order valence-electron chi connectivity index (χ1n) is 19.5. The number of nitrogens with zero attached hydrogens (tertiary/aromatic N) is 2. The van der Waals surface area contributed by atoms with Crippen LogP contribution in [0.5, 0.6) is 5.75 Å². The number of carbonyl (C=O) groups is 5. The molecule has 55 heavy (non-hydrogen) atoms. The van der Waals surface area contributed by atoms with Crippen molar-refractivity contribution in [3.05, 3.63) is 29.8 Å². The van der Waals surface area contributed by atoms with E-state index in [-0.39, 0.29) is 60.3 Å². The smallest absolute Gasteiger partial charge is 0.245 e. The molecule has 14 heteroatoms. The van der Waals surface area contributed by atoms with Crippen LogP contribution in [0, 0.1) is 23.7 Å². The zero-order valence-electron chi connectivity index (χ0n) is 35.6. The fraction of sp³-hybridized carbons (Fsp3) is 0.732. The van der Waals surface area contributed by atoms with E-state index in [2.05, 4.69) is 16.0 Å². The second-order valence-electron chi connectivity index (χ2n) is 15.6. The van der Waals surface area contributed by atoms with Crippen LogP contribution < -0.4 is 20.7 Å². The van der Waals surface area contributed by atoms with Crippen molar-refractivity contribution in [2.45, 2.75) is 123 Å². The van der Waals surface area contributed by atoms with Crippen molar-refractivity contribution >= 4 is 29.4 Å². The molecule has 4 amide bonds. The molecule has 1 unspecified atom stereocenters. The molecule has 10 atom stereocenters. The van der Waals surface area contributed by atoms with E-state index in [1.807, 2.05) is 41.5 Å². The summed E-state index contributed by atoms with van der Waals surface area (Å²) < 4.78 is 22.9. The standard InChI is InChI=1S/C41H69N5O9/c1-15-25(6)36(45(10)41(51)35(24(4)5)44-40(50)34(42-9)23(2)3)32(54-13)21-33(47)46-22-30(53-12)20-31(46)38(55-14)26(7)39(49)43-27(8)37(48)28-17-16-18-29(19-28)52-11/h16-19,23-27,30-32,34-36,38,42H,15,20-22H2,1-14H3,(H,43,49)(H,44,50)/t25-,26+,27+,30+,31?,32+,34-,35-,36-,38+/m0/s1. The Morgan fingerprint density at radius 3 is 2.04 bits per heavy atom. The third-order valence-electron chi connectivity index (χ3n) is 11.2. The normalized spacial score (nSPS) is 20.2. The van der Waals surface area contributed by atoms with E-state index in [9.17, 15) is 24.0 Å². The third-order valence-corrected chi connectivity index (χ3v) is 11.2. The number of ether oxygens (including phenoxy) is 4. The van der Waals surface area contributed by atoms with E-state index in [4.69, 9.17) is 18.9 Å². The Morgan fingerprint density at radius 2 is 1.53 bits per heavy atom. The number of amides is 4. The van der Waals surface area contributed by atoms with Crippen LogP contribution in [0.2, 0.25) is 0 Å². The molecule has 3 N–H and O–H groups in total. The van der Waals surface area contributed by atoms with E-state index in [1.54, 1.807) is 69.1 Å². The Balaban J connectivity index is 2.33. The van der Waals surface area contributed by atoms with Gasteiger partial charge in [0, 0.05) is 40.5 Å². The lowest BCUT2D eigenvalue weighted by Crippen LogP contribution is -2.59. The molecule has 1 saturated heterocycles. The summed E-state index contributed by atoms with van der Waals surface area (Å²) in [5.74, 6) is -1.86. The second-order valence-corrected chi connectivity index (χ2v) is 15.6. The molecule has 0 aromatic heterocycles. The van der Waals surface area contributed by atoms with E-state index >= 15 is 0 Å². The lowest BCUT2D eigenvalue weighted by molar-refractivity contribution is -0.148. The van der Waals surface area contributed by atoms with Gasteiger partial charge in [0.15, 0.2) is 5.78 Å². The Hall–Kier alpha value is -3.59. The van der Waals surface area contributed by atoms with Crippen molar-refractivity contribution in [1.82, 2.24) is 25.8 Å². The van der Waals surface area contributed by atoms with Crippen molar-refractivity contribution in [2.75, 3.05) is 49.1 Å². The highest BCUT2D eigenvalue weighted by Crippen LogP contribution is 2.31. The Labute approximate surface area is 329 Å². The van der Waals surface area contributed by atoms with Crippen molar-refractivity contribution in [2.24, 2.45) is 23.7 Å². The number of rotatable bonds is 22. The molecular formula is C41H69N5O9. The van der Waals surface area contributed by atoms with Gasteiger partial charge in [0.1, 0.15) is 11.8 Å². The van der Waals surface area contributed by atoms with Crippen molar-refractivity contribution in [3.8, 4) is 5.75 Å². The van der Waals surface area contributed by atoms with Gasteiger partial charge in [-0.25, -0.2) is 0 Å². The molecule has 0 bridgehead atoms. The Bertz CT molecular complexity index is 1420. The Morgan fingerprint density at radius 1 is 0.891 bits per heavy atom. The average molecular weight is 776 g/mol. The maximum Gasteiger partial charge on any atom is 0.245 e. The van der Waals surface area contributed by atoms with Crippen molar-refractivity contribution in [3.63, 3.8) is 0 Å². The number of ketones is 1. The van der Waals surface area contributed by atoms with Crippen LogP contribution in [-0.4, -0.2) is 137 Å². The number of likely N-dealkylation sites (N-methyl/N-ethyl adjacent to an activating group) is 2. The Kier molecular flexibility index (Phi) is 19.2. The molecule has 14 nitrogen and oxygen atoms in total. The number of methoxy groups -OCH3 is 4. The number of nitrogens with one attached hydrogen (secondary N) is 3. The molecule has 1 aromatic rings. The molecule has 0 aliphatic carbocycles. The molecule has 1 aromatic carbocycles. The van der Waals surface area contributed by atoms with Crippen molar-refractivity contribution < 1.29 is 42.9 Å². The zero-order chi connectivity index (χ0) is 41.7. The van der Waals surface area contributed by atoms with Gasteiger partial charge < -0.3 is 44.7 Å². The van der Waals surface area contributed by atoms with Crippen molar-refractivity contribution in [1.29, 1.82) is 0 Å². The quantitative estimate of drug-likeness (QED) is 0.149. The molecule has 0 spiro atoms. The summed E-state index contributed by atoms with van der Waals surface area (Å²) >= 11 is 0. The monoisotopic (exact) mass is 776 g/mol. The summed E-state index contributed by atoms with van der Waals surface area (Å²) in [6.07, 6.45) is -0.614. The molecule has 0 saturated carbocycles. The van der Waals surface area contributed by atoms with Crippen LogP contribution in [0.15, 0.2) is 24.3 Å². The number of benzene rings is 1. The third kappa shape index (κ3) is 12.2. The summed E-state index contributed by atoms with van der Waals surface area (Å²) in [7, 11) is 9.57. The fourth-order valence-electron chi connectivity index (χ4n) is 7.64. The summed E-state index contributed by atoms with van der Waals surface area (Å²) in [4.78, 5) is 71.9. The van der Waals surface area contributed by atoms with E-state index < -0.39 is 54.2 Å². The predicted molar refractivity (Wildman–Crippen MR) is 212 cm³/mol. The largest absolute Gasteiger partial charge is 0.497 e. The van der Waals surface area contributed by atoms with Crippen LogP contribution in [0.25, 0.3) is 0 Å². The van der Waals surface area contributed by atoms with Gasteiger partial charge >= 0.3 is 0 Å². The second kappa shape index (κ2) is 22.2. The lowest BCUT2D eigenvalue weighted by atomic mass is 9.89. The first kappa shape index (κ1) is 47.6. The molecule has 1 aliphatic heterocycles. The maximum atomic E-state index is 14.4. The van der Waals surface area contributed by atoms with Gasteiger partial charge in [-0.1, -0.05) is 67.0 Å². The maximum absolute atomic E-state index is 14.4. The van der Waals surface area contributed by atoms with E-state index in [0.29, 0.717) is 24.2 Å². The number of Topliss-reactive ketones (excluding diaryl/α,β-unsaturated/α-hetero) is 1. The lowest BCUT2D eigenvalue weighted by Gasteiger charge is -2.41. The number of hydrogen-bond acceptors (Lipinski definition) is 10. The molecule has 1 fully saturated rings. The van der Waals surface area contributed by atoms with Crippen LogP contribution in [0.4, 0.5) is 0 Å². The topological polar surface area (TPSA) is 165 Å². The minimum atomic E-state index is -0.823. The van der Waals surface area contributed by atoms with Gasteiger partial charge in [0.2, 0.25) is 23.6 Å². The van der Waals surface area contributed by atoms with Crippen LogP contribution in [-0.2, 0) is 33.4 Å².